The van der Waals surface area contributed by atoms with Crippen molar-refractivity contribution in [3.05, 3.63) is 53.3 Å². The summed E-state index contributed by atoms with van der Waals surface area (Å²) in [6.07, 6.45) is 0. The minimum absolute atomic E-state index is 0.00428. The summed E-state index contributed by atoms with van der Waals surface area (Å²) in [5.74, 6) is -1.33. The van der Waals surface area contributed by atoms with E-state index in [4.69, 9.17) is 11.6 Å². The summed E-state index contributed by atoms with van der Waals surface area (Å²) in [4.78, 5) is 37.7. The molecular weight excluding hydrogens is 411 g/mol. The Balaban J connectivity index is 1.94. The van der Waals surface area contributed by atoms with Gasteiger partial charge in [-0.3, -0.25) is 19.3 Å². The first-order valence-corrected chi connectivity index (χ1v) is 9.75. The standard InChI is InChI=1S/C21H24ClFN4O3/c1-4-27(13(2)21(30)26-19-10-5-15(23)11-18(19)22)12-20(29)25-17-8-6-16(7-9-17)24-14(3)28/h5-11,13H,4,12H2,1-3H3,(H,24,28)(H,25,29)(H,26,30). The molecule has 0 radical (unpaired) electrons. The number of carbonyl (C=O) groups is 3. The van der Waals surface area contributed by atoms with Crippen molar-refractivity contribution in [3.63, 3.8) is 0 Å². The first-order chi connectivity index (χ1) is 14.2. The van der Waals surface area contributed by atoms with Crippen molar-refractivity contribution in [2.75, 3.05) is 29.0 Å². The van der Waals surface area contributed by atoms with E-state index in [0.717, 1.165) is 6.07 Å². The van der Waals surface area contributed by atoms with Gasteiger partial charge in [0.2, 0.25) is 17.7 Å². The monoisotopic (exact) mass is 434 g/mol. The second-order valence-electron chi connectivity index (χ2n) is 6.66. The molecule has 0 aliphatic rings. The van der Waals surface area contributed by atoms with Crippen LogP contribution in [0.15, 0.2) is 42.5 Å². The molecule has 0 spiro atoms. The molecule has 30 heavy (non-hydrogen) atoms. The van der Waals surface area contributed by atoms with Crippen LogP contribution in [-0.4, -0.2) is 41.8 Å². The second-order valence-corrected chi connectivity index (χ2v) is 7.07. The molecule has 0 fully saturated rings. The van der Waals surface area contributed by atoms with Gasteiger partial charge >= 0.3 is 0 Å². The van der Waals surface area contributed by atoms with E-state index in [1.165, 1.54) is 19.1 Å². The molecule has 3 N–H and O–H groups in total. The van der Waals surface area contributed by atoms with Crippen LogP contribution in [0.2, 0.25) is 5.02 Å². The van der Waals surface area contributed by atoms with E-state index < -0.39 is 11.9 Å². The maximum atomic E-state index is 13.2. The molecule has 2 aromatic carbocycles. The predicted octanol–water partition coefficient (Wildman–Crippen LogP) is 3.73. The smallest absolute Gasteiger partial charge is 0.241 e. The molecular formula is C21H24ClFN4O3. The number of carbonyl (C=O) groups excluding carboxylic acids is 3. The van der Waals surface area contributed by atoms with Gasteiger partial charge in [-0.15, -0.1) is 0 Å². The van der Waals surface area contributed by atoms with Crippen molar-refractivity contribution in [1.29, 1.82) is 0 Å². The van der Waals surface area contributed by atoms with Crippen LogP contribution < -0.4 is 16.0 Å². The average molecular weight is 435 g/mol. The third-order valence-electron chi connectivity index (χ3n) is 4.36. The molecule has 0 saturated carbocycles. The minimum Gasteiger partial charge on any atom is -0.326 e. The summed E-state index contributed by atoms with van der Waals surface area (Å²) in [6.45, 7) is 5.38. The summed E-state index contributed by atoms with van der Waals surface area (Å²) in [6, 6.07) is 9.78. The fraction of sp³-hybridized carbons (Fsp3) is 0.286. The van der Waals surface area contributed by atoms with E-state index in [0.29, 0.717) is 23.6 Å². The van der Waals surface area contributed by atoms with Crippen molar-refractivity contribution in [3.8, 4) is 0 Å². The summed E-state index contributed by atoms with van der Waals surface area (Å²) in [7, 11) is 0. The Morgan fingerprint density at radius 3 is 2.17 bits per heavy atom. The largest absolute Gasteiger partial charge is 0.326 e. The van der Waals surface area contributed by atoms with Crippen molar-refractivity contribution in [2.24, 2.45) is 0 Å². The molecule has 0 heterocycles. The van der Waals surface area contributed by atoms with Crippen LogP contribution in [0, 0.1) is 5.82 Å². The van der Waals surface area contributed by atoms with Crippen molar-refractivity contribution in [1.82, 2.24) is 4.90 Å². The maximum Gasteiger partial charge on any atom is 0.241 e. The van der Waals surface area contributed by atoms with Gasteiger partial charge in [-0.1, -0.05) is 18.5 Å². The van der Waals surface area contributed by atoms with Gasteiger partial charge in [0.1, 0.15) is 5.82 Å². The molecule has 0 aliphatic heterocycles. The third kappa shape index (κ3) is 6.82. The van der Waals surface area contributed by atoms with Crippen LogP contribution in [0.4, 0.5) is 21.5 Å². The first kappa shape index (κ1) is 23.3. The van der Waals surface area contributed by atoms with Gasteiger partial charge in [0.15, 0.2) is 0 Å². The Bertz CT molecular complexity index is 921. The minimum atomic E-state index is -0.621. The lowest BCUT2D eigenvalue weighted by atomic mass is 10.2. The Labute approximate surface area is 179 Å². The van der Waals surface area contributed by atoms with Gasteiger partial charge in [0, 0.05) is 18.3 Å². The number of rotatable bonds is 8. The van der Waals surface area contributed by atoms with Crippen LogP contribution in [0.3, 0.4) is 0 Å². The molecule has 0 aliphatic carbocycles. The number of benzene rings is 2. The van der Waals surface area contributed by atoms with Crippen LogP contribution >= 0.6 is 11.6 Å². The molecule has 160 valence electrons. The lowest BCUT2D eigenvalue weighted by molar-refractivity contribution is -0.123. The van der Waals surface area contributed by atoms with Crippen molar-refractivity contribution < 1.29 is 18.8 Å². The van der Waals surface area contributed by atoms with E-state index in [1.54, 1.807) is 36.1 Å². The van der Waals surface area contributed by atoms with Gasteiger partial charge in [-0.05, 0) is 55.9 Å². The summed E-state index contributed by atoms with van der Waals surface area (Å²) in [5.41, 5.74) is 1.50. The van der Waals surface area contributed by atoms with Crippen molar-refractivity contribution in [2.45, 2.75) is 26.8 Å². The van der Waals surface area contributed by atoms with Crippen LogP contribution in [0.5, 0.6) is 0 Å². The third-order valence-corrected chi connectivity index (χ3v) is 4.67. The van der Waals surface area contributed by atoms with E-state index in [1.807, 2.05) is 6.92 Å². The Hall–Kier alpha value is -2.97. The van der Waals surface area contributed by atoms with Gasteiger partial charge in [-0.2, -0.15) is 0 Å². The molecule has 0 bridgehead atoms. The molecule has 2 rings (SSSR count). The highest BCUT2D eigenvalue weighted by atomic mass is 35.5. The van der Waals surface area contributed by atoms with Gasteiger partial charge in [0.25, 0.3) is 0 Å². The number of nitrogens with zero attached hydrogens (tertiary/aromatic N) is 1. The number of amides is 3. The molecule has 7 nitrogen and oxygen atoms in total. The van der Waals surface area contributed by atoms with E-state index in [-0.39, 0.29) is 29.3 Å². The molecule has 3 amide bonds. The maximum absolute atomic E-state index is 13.2. The van der Waals surface area contributed by atoms with Gasteiger partial charge in [-0.25, -0.2) is 4.39 Å². The SMILES string of the molecule is CCN(CC(=O)Nc1ccc(NC(C)=O)cc1)C(C)C(=O)Nc1ccc(F)cc1Cl. The molecule has 1 unspecified atom stereocenters. The summed E-state index contributed by atoms with van der Waals surface area (Å²) >= 11 is 5.95. The highest BCUT2D eigenvalue weighted by Crippen LogP contribution is 2.23. The number of hydrogen-bond donors (Lipinski definition) is 3. The van der Waals surface area contributed by atoms with E-state index in [2.05, 4.69) is 16.0 Å². The average Bonchev–Trinajstić information content (AvgIpc) is 2.68. The predicted molar refractivity (Wildman–Crippen MR) is 116 cm³/mol. The quantitative estimate of drug-likeness (QED) is 0.590. The highest BCUT2D eigenvalue weighted by Gasteiger charge is 2.23. The Morgan fingerprint density at radius 1 is 1.03 bits per heavy atom. The molecule has 9 heteroatoms. The Morgan fingerprint density at radius 2 is 1.63 bits per heavy atom. The zero-order valence-electron chi connectivity index (χ0n) is 17.0. The Kier molecular flexibility index (Phi) is 8.32. The summed E-state index contributed by atoms with van der Waals surface area (Å²) in [5, 5.41) is 8.15. The van der Waals surface area contributed by atoms with E-state index in [9.17, 15) is 18.8 Å². The molecule has 0 aromatic heterocycles. The zero-order chi connectivity index (χ0) is 22.3. The highest BCUT2D eigenvalue weighted by molar-refractivity contribution is 6.33. The fourth-order valence-corrected chi connectivity index (χ4v) is 2.96. The van der Waals surface area contributed by atoms with Gasteiger partial charge < -0.3 is 16.0 Å². The number of likely N-dealkylation sites (N-methyl/N-ethyl adjacent to an activating group) is 1. The number of nitrogens with one attached hydrogen (secondary N) is 3. The lowest BCUT2D eigenvalue weighted by Crippen LogP contribution is -2.45. The number of anilines is 3. The topological polar surface area (TPSA) is 90.5 Å². The number of hydrogen-bond acceptors (Lipinski definition) is 4. The normalized spacial score (nSPS) is 11.7. The number of halogens is 2. The molecule has 0 saturated heterocycles. The van der Waals surface area contributed by atoms with Crippen LogP contribution in [-0.2, 0) is 14.4 Å². The molecule has 2 aromatic rings. The zero-order valence-corrected chi connectivity index (χ0v) is 17.7. The van der Waals surface area contributed by atoms with Gasteiger partial charge in [0.05, 0.1) is 23.3 Å². The second kappa shape index (κ2) is 10.7. The molecule has 1 atom stereocenters. The van der Waals surface area contributed by atoms with Crippen LogP contribution in [0.25, 0.3) is 0 Å². The fourth-order valence-electron chi connectivity index (χ4n) is 2.74. The summed E-state index contributed by atoms with van der Waals surface area (Å²) < 4.78 is 13.2. The van der Waals surface area contributed by atoms with Crippen molar-refractivity contribution >= 4 is 46.4 Å². The van der Waals surface area contributed by atoms with Crippen LogP contribution in [0.1, 0.15) is 20.8 Å². The van der Waals surface area contributed by atoms with E-state index >= 15 is 0 Å². The lowest BCUT2D eigenvalue weighted by Gasteiger charge is -2.26. The first-order valence-electron chi connectivity index (χ1n) is 9.37.